The Balaban J connectivity index is 0. The van der Waals surface area contributed by atoms with E-state index >= 15 is 0 Å². The Morgan fingerprint density at radius 2 is 1.67 bits per heavy atom. The predicted molar refractivity (Wildman–Crippen MR) is 63.9 cm³/mol. The van der Waals surface area contributed by atoms with E-state index in [1.165, 1.54) is 19.3 Å². The highest BCUT2D eigenvalue weighted by Crippen LogP contribution is 1.93. The first kappa shape index (κ1) is 17.0. The van der Waals surface area contributed by atoms with Gasteiger partial charge in [-0.1, -0.05) is 25.8 Å². The van der Waals surface area contributed by atoms with Crippen LogP contribution in [-0.4, -0.2) is 36.6 Å². The highest BCUT2D eigenvalue weighted by atomic mass is 16.5. The molecule has 0 aromatic carbocycles. The molecule has 0 amide bonds. The molecule has 3 heteroatoms. The van der Waals surface area contributed by atoms with Gasteiger partial charge in [-0.25, -0.2) is 0 Å². The fraction of sp³-hybridized carbons (Fsp3) is 0.833. The second kappa shape index (κ2) is 19.2. The second-order valence-electron chi connectivity index (χ2n) is 3.23. The molecule has 0 bridgehead atoms. The summed E-state index contributed by atoms with van der Waals surface area (Å²) in [5.41, 5.74) is 0. The van der Waals surface area contributed by atoms with Crippen molar-refractivity contribution in [2.75, 3.05) is 26.4 Å². The highest BCUT2D eigenvalue weighted by Gasteiger charge is 1.83. The molecular weight excluding hydrogens is 192 g/mol. The quantitative estimate of drug-likeness (QED) is 0.460. The number of hydrogen-bond acceptors (Lipinski definition) is 3. The number of aliphatic hydroxyl groups excluding tert-OH is 2. The highest BCUT2D eigenvalue weighted by molar-refractivity contribution is 4.63. The van der Waals surface area contributed by atoms with Crippen LogP contribution in [0, 0.1) is 0 Å². The fourth-order valence-electron chi connectivity index (χ4n) is 0.844. The summed E-state index contributed by atoms with van der Waals surface area (Å²) in [7, 11) is 0. The van der Waals surface area contributed by atoms with E-state index in [-0.39, 0.29) is 13.2 Å². The minimum atomic E-state index is 0.195. The third kappa shape index (κ3) is 24.7. The number of aliphatic hydroxyl groups is 2. The summed E-state index contributed by atoms with van der Waals surface area (Å²) in [6.45, 7) is 7.72. The molecular formula is C12H26O3. The first-order chi connectivity index (χ1) is 7.33. The van der Waals surface area contributed by atoms with E-state index in [1.54, 1.807) is 6.08 Å². The van der Waals surface area contributed by atoms with E-state index in [4.69, 9.17) is 14.9 Å². The van der Waals surface area contributed by atoms with Gasteiger partial charge in [-0.15, -0.1) is 6.58 Å². The van der Waals surface area contributed by atoms with Crippen molar-refractivity contribution in [2.24, 2.45) is 0 Å². The van der Waals surface area contributed by atoms with E-state index in [2.05, 4.69) is 13.5 Å². The molecule has 2 N–H and O–H groups in total. The molecule has 0 rings (SSSR count). The minimum Gasteiger partial charge on any atom is -0.396 e. The van der Waals surface area contributed by atoms with Gasteiger partial charge >= 0.3 is 0 Å². The van der Waals surface area contributed by atoms with Crippen LogP contribution in [0.3, 0.4) is 0 Å². The molecule has 0 saturated heterocycles. The largest absolute Gasteiger partial charge is 0.396 e. The summed E-state index contributed by atoms with van der Waals surface area (Å²) in [6.07, 6.45) is 6.94. The van der Waals surface area contributed by atoms with Crippen molar-refractivity contribution >= 4 is 0 Å². The Morgan fingerprint density at radius 3 is 2.07 bits per heavy atom. The third-order valence-electron chi connectivity index (χ3n) is 1.69. The van der Waals surface area contributed by atoms with Crippen molar-refractivity contribution in [1.29, 1.82) is 0 Å². The number of ether oxygens (including phenoxy) is 1. The molecule has 0 aliphatic rings. The van der Waals surface area contributed by atoms with Gasteiger partial charge in [0.05, 0.1) is 6.61 Å². The lowest BCUT2D eigenvalue weighted by molar-refractivity contribution is 0.158. The van der Waals surface area contributed by atoms with E-state index in [1.807, 2.05) is 0 Å². The van der Waals surface area contributed by atoms with Crippen molar-refractivity contribution in [3.63, 3.8) is 0 Å². The van der Waals surface area contributed by atoms with Gasteiger partial charge in [0, 0.05) is 19.8 Å². The van der Waals surface area contributed by atoms with Gasteiger partial charge in [0.25, 0.3) is 0 Å². The van der Waals surface area contributed by atoms with Crippen molar-refractivity contribution in [1.82, 2.24) is 0 Å². The smallest absolute Gasteiger partial charge is 0.0644 e. The lowest BCUT2D eigenvalue weighted by Crippen LogP contribution is -1.92. The van der Waals surface area contributed by atoms with Crippen molar-refractivity contribution in [2.45, 2.75) is 39.0 Å². The summed E-state index contributed by atoms with van der Waals surface area (Å²) in [4.78, 5) is 0. The summed E-state index contributed by atoms with van der Waals surface area (Å²) in [6, 6.07) is 0. The molecule has 0 fully saturated rings. The predicted octanol–water partition coefficient (Wildman–Crippen LogP) is 2.13. The van der Waals surface area contributed by atoms with E-state index in [0.29, 0.717) is 6.61 Å². The molecule has 0 heterocycles. The van der Waals surface area contributed by atoms with Crippen LogP contribution in [0.25, 0.3) is 0 Å². The van der Waals surface area contributed by atoms with Gasteiger partial charge < -0.3 is 14.9 Å². The van der Waals surface area contributed by atoms with Crippen molar-refractivity contribution in [3.05, 3.63) is 12.7 Å². The second-order valence-corrected chi connectivity index (χ2v) is 3.23. The van der Waals surface area contributed by atoms with Gasteiger partial charge in [-0.05, 0) is 19.3 Å². The number of unbranched alkanes of at least 4 members (excludes halogenated alkanes) is 3. The van der Waals surface area contributed by atoms with E-state index in [0.717, 1.165) is 19.4 Å². The van der Waals surface area contributed by atoms with Crippen LogP contribution in [0.15, 0.2) is 12.7 Å². The Bertz CT molecular complexity index is 101. The van der Waals surface area contributed by atoms with Crippen LogP contribution >= 0.6 is 0 Å². The number of rotatable bonds is 9. The zero-order valence-corrected chi connectivity index (χ0v) is 9.95. The molecule has 0 saturated carbocycles. The van der Waals surface area contributed by atoms with Crippen LogP contribution < -0.4 is 0 Å². The Labute approximate surface area is 93.8 Å². The van der Waals surface area contributed by atoms with E-state index in [9.17, 15) is 0 Å². The molecule has 0 unspecified atom stereocenters. The average Bonchev–Trinajstić information content (AvgIpc) is 2.27. The lowest BCUT2D eigenvalue weighted by Gasteiger charge is -1.97. The average molecular weight is 218 g/mol. The molecule has 92 valence electrons. The molecule has 3 nitrogen and oxygen atoms in total. The molecule has 0 atom stereocenters. The first-order valence-corrected chi connectivity index (χ1v) is 5.73. The van der Waals surface area contributed by atoms with Gasteiger partial charge in [-0.2, -0.15) is 0 Å². The standard InChI is InChI=1S/C8H16O.C4H10O2/c1-3-5-6-8-9-7-4-2;5-3-1-2-4-6/h4H,2-3,5-8H2,1H3;5-6H,1-4H2. The van der Waals surface area contributed by atoms with Gasteiger partial charge in [0.2, 0.25) is 0 Å². The topological polar surface area (TPSA) is 49.7 Å². The Hall–Kier alpha value is -0.380. The molecule has 0 aliphatic heterocycles. The first-order valence-electron chi connectivity index (χ1n) is 5.73. The van der Waals surface area contributed by atoms with Gasteiger partial charge in [0.1, 0.15) is 0 Å². The molecule has 0 aliphatic carbocycles. The molecule has 0 aromatic rings. The SMILES string of the molecule is C=CCOCCCCC.OCCCCO. The normalized spacial score (nSPS) is 9.27. The summed E-state index contributed by atoms with van der Waals surface area (Å²) >= 11 is 0. The molecule has 15 heavy (non-hydrogen) atoms. The van der Waals surface area contributed by atoms with Crippen LogP contribution in [0.4, 0.5) is 0 Å². The molecule has 0 spiro atoms. The minimum absolute atomic E-state index is 0.195. The van der Waals surface area contributed by atoms with Crippen LogP contribution in [0.2, 0.25) is 0 Å². The fourth-order valence-corrected chi connectivity index (χ4v) is 0.844. The monoisotopic (exact) mass is 218 g/mol. The Morgan fingerprint density at radius 1 is 1.07 bits per heavy atom. The summed E-state index contributed by atoms with van der Waals surface area (Å²) in [5, 5.41) is 16.2. The lowest BCUT2D eigenvalue weighted by atomic mass is 10.3. The Kier molecular flexibility index (Phi) is 21.8. The molecule has 0 radical (unpaired) electrons. The van der Waals surface area contributed by atoms with Gasteiger partial charge in [-0.3, -0.25) is 0 Å². The summed E-state index contributed by atoms with van der Waals surface area (Å²) in [5.74, 6) is 0. The van der Waals surface area contributed by atoms with Crippen molar-refractivity contribution in [3.8, 4) is 0 Å². The molecule has 0 aromatic heterocycles. The van der Waals surface area contributed by atoms with Crippen molar-refractivity contribution < 1.29 is 14.9 Å². The summed E-state index contributed by atoms with van der Waals surface area (Å²) < 4.78 is 5.17. The van der Waals surface area contributed by atoms with Crippen LogP contribution in [0.1, 0.15) is 39.0 Å². The van der Waals surface area contributed by atoms with Gasteiger partial charge in [0.15, 0.2) is 0 Å². The zero-order valence-electron chi connectivity index (χ0n) is 9.95. The zero-order chi connectivity index (χ0) is 11.8. The number of hydrogen-bond donors (Lipinski definition) is 2. The van der Waals surface area contributed by atoms with Crippen LogP contribution in [-0.2, 0) is 4.74 Å². The third-order valence-corrected chi connectivity index (χ3v) is 1.69. The van der Waals surface area contributed by atoms with Crippen LogP contribution in [0.5, 0.6) is 0 Å². The van der Waals surface area contributed by atoms with E-state index < -0.39 is 0 Å². The maximum Gasteiger partial charge on any atom is 0.0644 e. The maximum absolute atomic E-state index is 8.09. The maximum atomic E-state index is 8.09.